The highest BCUT2D eigenvalue weighted by Gasteiger charge is 2.32. The molecular weight excluding hydrogens is 238 g/mol. The summed E-state index contributed by atoms with van der Waals surface area (Å²) in [6.45, 7) is 12.1. The maximum atomic E-state index is 5.39. The summed E-state index contributed by atoms with van der Waals surface area (Å²) in [5, 5.41) is 3.91. The predicted octanol–water partition coefficient (Wildman–Crippen LogP) is 3.20. The number of rotatable bonds is 3. The zero-order valence-electron chi connectivity index (χ0n) is 11.9. The summed E-state index contributed by atoms with van der Waals surface area (Å²) >= 11 is 0. The van der Waals surface area contributed by atoms with Crippen molar-refractivity contribution in [1.29, 1.82) is 0 Å². The van der Waals surface area contributed by atoms with Crippen molar-refractivity contribution < 1.29 is 4.52 Å². The summed E-state index contributed by atoms with van der Waals surface area (Å²) in [7, 11) is 0. The van der Waals surface area contributed by atoms with E-state index in [1.807, 2.05) is 26.0 Å². The van der Waals surface area contributed by atoms with Crippen LogP contribution in [0.1, 0.15) is 38.0 Å². The van der Waals surface area contributed by atoms with E-state index in [4.69, 9.17) is 4.52 Å². The number of likely N-dealkylation sites (tertiary alicyclic amines) is 1. The molecule has 1 aromatic heterocycles. The van der Waals surface area contributed by atoms with E-state index >= 15 is 0 Å². The lowest BCUT2D eigenvalue weighted by molar-refractivity contribution is 0.182. The second kappa shape index (κ2) is 5.97. The van der Waals surface area contributed by atoms with Crippen LogP contribution in [-0.2, 0) is 0 Å². The highest BCUT2D eigenvalue weighted by atomic mass is 16.5. The zero-order valence-corrected chi connectivity index (χ0v) is 11.9. The van der Waals surface area contributed by atoms with Crippen LogP contribution in [0.2, 0.25) is 0 Å². The molecule has 1 fully saturated rings. The Kier molecular flexibility index (Phi) is 4.32. The molecule has 1 aliphatic heterocycles. The molecule has 1 unspecified atom stereocenters. The van der Waals surface area contributed by atoms with Crippen molar-refractivity contribution in [3.63, 3.8) is 0 Å². The lowest BCUT2D eigenvalue weighted by Gasteiger charge is -2.35. The quantitative estimate of drug-likeness (QED) is 0.836. The largest absolute Gasteiger partial charge is 0.337 e. The van der Waals surface area contributed by atoms with E-state index in [1.165, 1.54) is 5.57 Å². The van der Waals surface area contributed by atoms with Crippen molar-refractivity contribution in [1.82, 2.24) is 15.0 Å². The summed E-state index contributed by atoms with van der Waals surface area (Å²) in [6, 6.07) is 0.0312. The van der Waals surface area contributed by atoms with Crippen LogP contribution in [0.15, 0.2) is 40.5 Å². The average Bonchev–Trinajstić information content (AvgIpc) is 2.83. The first-order valence-electron chi connectivity index (χ1n) is 6.72. The van der Waals surface area contributed by atoms with Gasteiger partial charge in [-0.2, -0.15) is 4.98 Å². The van der Waals surface area contributed by atoms with Gasteiger partial charge in [0.2, 0.25) is 5.89 Å². The van der Waals surface area contributed by atoms with E-state index in [2.05, 4.69) is 34.6 Å². The van der Waals surface area contributed by atoms with Crippen molar-refractivity contribution >= 4 is 0 Å². The van der Waals surface area contributed by atoms with Crippen LogP contribution < -0.4 is 0 Å². The van der Waals surface area contributed by atoms with Crippen molar-refractivity contribution in [2.24, 2.45) is 0 Å². The fourth-order valence-corrected chi connectivity index (χ4v) is 2.41. The van der Waals surface area contributed by atoms with Crippen LogP contribution in [-0.4, -0.2) is 28.1 Å². The minimum Gasteiger partial charge on any atom is -0.337 e. The Morgan fingerprint density at radius 2 is 2.32 bits per heavy atom. The molecule has 2 rings (SSSR count). The Balaban J connectivity index is 2.43. The lowest BCUT2D eigenvalue weighted by atomic mass is 9.90. The predicted molar refractivity (Wildman–Crippen MR) is 75.7 cm³/mol. The maximum Gasteiger partial charge on any atom is 0.248 e. The Morgan fingerprint density at radius 3 is 2.89 bits per heavy atom. The van der Waals surface area contributed by atoms with Crippen molar-refractivity contribution in [3.05, 3.63) is 47.7 Å². The Morgan fingerprint density at radius 1 is 1.53 bits per heavy atom. The number of aryl methyl sites for hydroxylation is 1. The number of allylic oxidation sites excluding steroid dienone is 3. The van der Waals surface area contributed by atoms with Gasteiger partial charge in [-0.15, -0.1) is 0 Å². The Labute approximate surface area is 114 Å². The number of aromatic nitrogens is 2. The summed E-state index contributed by atoms with van der Waals surface area (Å²) < 4.78 is 5.39. The highest BCUT2D eigenvalue weighted by molar-refractivity contribution is 5.39. The van der Waals surface area contributed by atoms with E-state index in [9.17, 15) is 0 Å². The van der Waals surface area contributed by atoms with Gasteiger partial charge in [0.25, 0.3) is 0 Å². The molecule has 0 amide bonds. The molecule has 19 heavy (non-hydrogen) atoms. The highest BCUT2D eigenvalue weighted by Crippen LogP contribution is 2.37. The van der Waals surface area contributed by atoms with Crippen LogP contribution >= 0.6 is 0 Å². The smallest absolute Gasteiger partial charge is 0.248 e. The Bertz CT molecular complexity index is 513. The molecule has 0 saturated carbocycles. The summed E-state index contributed by atoms with van der Waals surface area (Å²) in [4.78, 5) is 6.74. The van der Waals surface area contributed by atoms with Gasteiger partial charge in [-0.3, -0.25) is 4.90 Å². The van der Waals surface area contributed by atoms with E-state index in [0.717, 1.165) is 25.1 Å². The van der Waals surface area contributed by atoms with Crippen LogP contribution in [0, 0.1) is 6.92 Å². The number of hydrogen-bond acceptors (Lipinski definition) is 4. The van der Waals surface area contributed by atoms with Gasteiger partial charge in [-0.05, 0) is 38.0 Å². The zero-order chi connectivity index (χ0) is 13.8. The standard InChI is InChI=1S/C15H21N3O/c1-5-7-8-13-11(3)9-10-18(6-2)14(13)15-16-12(4)17-19-15/h5,7-8,14H,3,6,9-10H2,1-2,4H3/b7-5-,13-8+. The van der Waals surface area contributed by atoms with Gasteiger partial charge < -0.3 is 4.52 Å². The van der Waals surface area contributed by atoms with Crippen molar-refractivity contribution in [2.45, 2.75) is 33.2 Å². The maximum absolute atomic E-state index is 5.39. The van der Waals surface area contributed by atoms with E-state index in [1.54, 1.807) is 0 Å². The Hall–Kier alpha value is -1.68. The summed E-state index contributed by atoms with van der Waals surface area (Å²) in [5.41, 5.74) is 2.33. The monoisotopic (exact) mass is 259 g/mol. The molecular formula is C15H21N3O. The van der Waals surface area contributed by atoms with Gasteiger partial charge in [0.1, 0.15) is 6.04 Å². The summed E-state index contributed by atoms with van der Waals surface area (Å²) in [5.74, 6) is 1.34. The van der Waals surface area contributed by atoms with Crippen molar-refractivity contribution in [3.8, 4) is 0 Å². The fraction of sp³-hybridized carbons (Fsp3) is 0.467. The average molecular weight is 259 g/mol. The molecule has 1 saturated heterocycles. The molecule has 2 heterocycles. The molecule has 1 aliphatic rings. The molecule has 1 atom stereocenters. The second-order valence-electron chi connectivity index (χ2n) is 4.71. The first-order chi connectivity index (χ1) is 9.17. The van der Waals surface area contributed by atoms with E-state index < -0.39 is 0 Å². The van der Waals surface area contributed by atoms with E-state index in [0.29, 0.717) is 11.7 Å². The molecule has 1 aromatic rings. The molecule has 0 aromatic carbocycles. The van der Waals surface area contributed by atoms with Gasteiger partial charge in [0.05, 0.1) is 0 Å². The third-order valence-electron chi connectivity index (χ3n) is 3.42. The van der Waals surface area contributed by atoms with Gasteiger partial charge in [-0.25, -0.2) is 0 Å². The molecule has 4 nitrogen and oxygen atoms in total. The van der Waals surface area contributed by atoms with Gasteiger partial charge in [0.15, 0.2) is 5.82 Å². The SMILES string of the molecule is C=C1CCN(CC)C(c2nc(C)no2)/C1=C/C=C\C. The molecule has 0 N–H and O–H groups in total. The number of piperidine rings is 1. The molecule has 0 bridgehead atoms. The first kappa shape index (κ1) is 13.7. The fourth-order valence-electron chi connectivity index (χ4n) is 2.41. The topological polar surface area (TPSA) is 42.2 Å². The van der Waals surface area contributed by atoms with Gasteiger partial charge >= 0.3 is 0 Å². The molecule has 0 spiro atoms. The molecule has 4 heteroatoms. The minimum absolute atomic E-state index is 0.0312. The van der Waals surface area contributed by atoms with Crippen LogP contribution in [0.5, 0.6) is 0 Å². The van der Waals surface area contributed by atoms with Gasteiger partial charge in [0, 0.05) is 6.54 Å². The normalized spacial score (nSPS) is 23.6. The number of hydrogen-bond donors (Lipinski definition) is 0. The minimum atomic E-state index is 0.0312. The van der Waals surface area contributed by atoms with Crippen LogP contribution in [0.3, 0.4) is 0 Å². The number of nitrogens with zero attached hydrogens (tertiary/aromatic N) is 3. The molecule has 0 aliphatic carbocycles. The van der Waals surface area contributed by atoms with Crippen molar-refractivity contribution in [2.75, 3.05) is 13.1 Å². The van der Waals surface area contributed by atoms with Crippen LogP contribution in [0.25, 0.3) is 0 Å². The molecule has 102 valence electrons. The van der Waals surface area contributed by atoms with Crippen LogP contribution in [0.4, 0.5) is 0 Å². The van der Waals surface area contributed by atoms with Gasteiger partial charge in [-0.1, -0.05) is 36.9 Å². The summed E-state index contributed by atoms with van der Waals surface area (Å²) in [6.07, 6.45) is 7.15. The lowest BCUT2D eigenvalue weighted by Crippen LogP contribution is -2.35. The van der Waals surface area contributed by atoms with E-state index in [-0.39, 0.29) is 6.04 Å². The third-order valence-corrected chi connectivity index (χ3v) is 3.42. The molecule has 0 radical (unpaired) electrons. The second-order valence-corrected chi connectivity index (χ2v) is 4.71. The first-order valence-corrected chi connectivity index (χ1v) is 6.72. The number of likely N-dealkylation sites (N-methyl/N-ethyl adjacent to an activating group) is 1. The third kappa shape index (κ3) is 2.84.